The third kappa shape index (κ3) is 3.56. The first-order valence-corrected chi connectivity index (χ1v) is 6.31. The Morgan fingerprint density at radius 1 is 1.00 bits per heavy atom. The summed E-state index contributed by atoms with van der Waals surface area (Å²) in [6.07, 6.45) is 0.187. The summed E-state index contributed by atoms with van der Waals surface area (Å²) in [6, 6.07) is 9.95. The number of phenols is 3. The van der Waals surface area contributed by atoms with Gasteiger partial charge in [0.1, 0.15) is 0 Å². The van der Waals surface area contributed by atoms with Gasteiger partial charge in [-0.25, -0.2) is 0 Å². The summed E-state index contributed by atoms with van der Waals surface area (Å²) in [5, 5.41) is 31.4. The van der Waals surface area contributed by atoms with Crippen LogP contribution in [0.4, 0.5) is 5.69 Å². The molecule has 0 unspecified atom stereocenters. The van der Waals surface area contributed by atoms with Crippen LogP contribution in [-0.2, 0) is 17.8 Å². The van der Waals surface area contributed by atoms with Gasteiger partial charge in [0.2, 0.25) is 11.7 Å². The van der Waals surface area contributed by atoms with E-state index in [1.165, 1.54) is 12.1 Å². The van der Waals surface area contributed by atoms with E-state index in [1.807, 2.05) is 0 Å². The summed E-state index contributed by atoms with van der Waals surface area (Å²) in [7, 11) is 0. The molecule has 110 valence electrons. The summed E-state index contributed by atoms with van der Waals surface area (Å²) >= 11 is 0. The Morgan fingerprint density at radius 3 is 2.29 bits per heavy atom. The number of carbonyl (C=O) groups excluding carboxylic acids is 1. The third-order valence-electron chi connectivity index (χ3n) is 3.03. The van der Waals surface area contributed by atoms with Gasteiger partial charge in [0.05, 0.1) is 6.42 Å². The van der Waals surface area contributed by atoms with E-state index >= 15 is 0 Å². The van der Waals surface area contributed by atoms with Crippen molar-refractivity contribution in [3.05, 3.63) is 47.5 Å². The minimum absolute atomic E-state index is 0.187. The van der Waals surface area contributed by atoms with E-state index in [-0.39, 0.29) is 30.4 Å². The van der Waals surface area contributed by atoms with Crippen LogP contribution in [0.25, 0.3) is 0 Å². The van der Waals surface area contributed by atoms with Gasteiger partial charge < -0.3 is 26.4 Å². The SMILES string of the molecule is NC(=O)Cc1ccc(NCc2ccc(O)c(O)c2O)cc1. The maximum atomic E-state index is 10.8. The van der Waals surface area contributed by atoms with Gasteiger partial charge in [-0.3, -0.25) is 4.79 Å². The molecule has 2 aromatic rings. The van der Waals surface area contributed by atoms with Crippen molar-refractivity contribution < 1.29 is 20.1 Å². The molecule has 6 heteroatoms. The minimum Gasteiger partial charge on any atom is -0.504 e. The number of aromatic hydroxyl groups is 3. The first-order chi connectivity index (χ1) is 9.97. The topological polar surface area (TPSA) is 116 Å². The standard InChI is InChI=1S/C15H16N2O4/c16-13(19)7-9-1-4-11(5-2-9)17-8-10-3-6-12(18)15(21)14(10)20/h1-6,17-18,20-21H,7-8H2,(H2,16,19). The molecule has 0 aliphatic carbocycles. The van der Waals surface area contributed by atoms with E-state index in [9.17, 15) is 20.1 Å². The molecule has 0 heterocycles. The smallest absolute Gasteiger partial charge is 0.221 e. The van der Waals surface area contributed by atoms with Crippen molar-refractivity contribution in [2.75, 3.05) is 5.32 Å². The molecule has 0 aromatic heterocycles. The van der Waals surface area contributed by atoms with Gasteiger partial charge in [-0.15, -0.1) is 0 Å². The average Bonchev–Trinajstić information content (AvgIpc) is 2.45. The lowest BCUT2D eigenvalue weighted by Gasteiger charge is -2.10. The van der Waals surface area contributed by atoms with Crippen molar-refractivity contribution in [2.45, 2.75) is 13.0 Å². The van der Waals surface area contributed by atoms with Crippen LogP contribution in [0.5, 0.6) is 17.2 Å². The summed E-state index contributed by atoms with van der Waals surface area (Å²) in [5.74, 6) is -1.65. The van der Waals surface area contributed by atoms with E-state index in [2.05, 4.69) is 5.32 Å². The number of carbonyl (C=O) groups is 1. The molecule has 0 aliphatic heterocycles. The highest BCUT2D eigenvalue weighted by molar-refractivity contribution is 5.76. The molecular formula is C15H16N2O4. The second-order valence-corrected chi connectivity index (χ2v) is 4.63. The highest BCUT2D eigenvalue weighted by Crippen LogP contribution is 2.37. The minimum atomic E-state index is -0.536. The van der Waals surface area contributed by atoms with E-state index in [4.69, 9.17) is 5.73 Å². The Hall–Kier alpha value is -2.89. The number of benzene rings is 2. The highest BCUT2D eigenvalue weighted by Gasteiger charge is 2.10. The molecular weight excluding hydrogens is 272 g/mol. The lowest BCUT2D eigenvalue weighted by Crippen LogP contribution is -2.13. The molecule has 0 saturated carbocycles. The summed E-state index contributed by atoms with van der Waals surface area (Å²) in [4.78, 5) is 10.8. The lowest BCUT2D eigenvalue weighted by atomic mass is 10.1. The highest BCUT2D eigenvalue weighted by atomic mass is 16.3. The van der Waals surface area contributed by atoms with E-state index < -0.39 is 5.75 Å². The molecule has 2 aromatic carbocycles. The first-order valence-electron chi connectivity index (χ1n) is 6.31. The Balaban J connectivity index is 2.03. The fraction of sp³-hybridized carbons (Fsp3) is 0.133. The van der Waals surface area contributed by atoms with Crippen LogP contribution in [0.3, 0.4) is 0 Å². The fourth-order valence-electron chi connectivity index (χ4n) is 1.89. The maximum absolute atomic E-state index is 10.8. The molecule has 0 bridgehead atoms. The molecule has 6 N–H and O–H groups in total. The van der Waals surface area contributed by atoms with Gasteiger partial charge in [-0.1, -0.05) is 12.1 Å². The van der Waals surface area contributed by atoms with E-state index in [0.29, 0.717) is 5.56 Å². The van der Waals surface area contributed by atoms with Crippen molar-refractivity contribution in [3.63, 3.8) is 0 Å². The number of hydrogen-bond acceptors (Lipinski definition) is 5. The van der Waals surface area contributed by atoms with Crippen LogP contribution in [-0.4, -0.2) is 21.2 Å². The third-order valence-corrected chi connectivity index (χ3v) is 3.03. The van der Waals surface area contributed by atoms with E-state index in [0.717, 1.165) is 11.3 Å². The molecule has 6 nitrogen and oxygen atoms in total. The van der Waals surface area contributed by atoms with Crippen LogP contribution in [0.2, 0.25) is 0 Å². The predicted molar refractivity (Wildman–Crippen MR) is 78.1 cm³/mol. The van der Waals surface area contributed by atoms with Gasteiger partial charge >= 0.3 is 0 Å². The van der Waals surface area contributed by atoms with Crippen molar-refractivity contribution in [3.8, 4) is 17.2 Å². The monoisotopic (exact) mass is 288 g/mol. The number of primary amides is 1. The molecule has 0 saturated heterocycles. The van der Waals surface area contributed by atoms with Crippen LogP contribution < -0.4 is 11.1 Å². The van der Waals surface area contributed by atoms with Crippen molar-refractivity contribution in [1.29, 1.82) is 0 Å². The quantitative estimate of drug-likeness (QED) is 0.534. The van der Waals surface area contributed by atoms with Gasteiger partial charge in [-0.2, -0.15) is 0 Å². The Morgan fingerprint density at radius 2 is 1.67 bits per heavy atom. The average molecular weight is 288 g/mol. The first kappa shape index (κ1) is 14.5. The number of hydrogen-bond donors (Lipinski definition) is 5. The van der Waals surface area contributed by atoms with Crippen LogP contribution in [0.15, 0.2) is 36.4 Å². The molecule has 0 radical (unpaired) electrons. The fourth-order valence-corrected chi connectivity index (χ4v) is 1.89. The van der Waals surface area contributed by atoms with Crippen molar-refractivity contribution >= 4 is 11.6 Å². The molecule has 0 fully saturated rings. The van der Waals surface area contributed by atoms with Gasteiger partial charge in [-0.05, 0) is 29.8 Å². The summed E-state index contributed by atoms with van der Waals surface area (Å²) < 4.78 is 0. The molecule has 0 atom stereocenters. The Kier molecular flexibility index (Phi) is 4.18. The van der Waals surface area contributed by atoms with Gasteiger partial charge in [0.15, 0.2) is 11.5 Å². The van der Waals surface area contributed by atoms with Crippen molar-refractivity contribution in [1.82, 2.24) is 0 Å². The zero-order valence-corrected chi connectivity index (χ0v) is 11.2. The number of amides is 1. The zero-order valence-electron chi connectivity index (χ0n) is 11.2. The van der Waals surface area contributed by atoms with Crippen molar-refractivity contribution in [2.24, 2.45) is 5.73 Å². The maximum Gasteiger partial charge on any atom is 0.221 e. The second kappa shape index (κ2) is 6.04. The van der Waals surface area contributed by atoms with Crippen LogP contribution in [0.1, 0.15) is 11.1 Å². The summed E-state index contributed by atoms with van der Waals surface area (Å²) in [5.41, 5.74) is 7.17. The molecule has 0 spiro atoms. The molecule has 1 amide bonds. The second-order valence-electron chi connectivity index (χ2n) is 4.63. The predicted octanol–water partition coefficient (Wildman–Crippen LogP) is 1.44. The lowest BCUT2D eigenvalue weighted by molar-refractivity contribution is -0.117. The molecule has 0 aliphatic rings. The largest absolute Gasteiger partial charge is 0.504 e. The Labute approximate surface area is 121 Å². The van der Waals surface area contributed by atoms with Crippen LogP contribution in [0, 0.1) is 0 Å². The zero-order chi connectivity index (χ0) is 15.4. The van der Waals surface area contributed by atoms with E-state index in [1.54, 1.807) is 24.3 Å². The van der Waals surface area contributed by atoms with Gasteiger partial charge in [0, 0.05) is 17.8 Å². The number of nitrogens with one attached hydrogen (secondary N) is 1. The molecule has 2 rings (SSSR count). The number of phenolic OH excluding ortho intramolecular Hbond substituents is 3. The summed E-state index contributed by atoms with van der Waals surface area (Å²) in [6.45, 7) is 0.273. The Bertz CT molecular complexity index is 653. The number of anilines is 1. The van der Waals surface area contributed by atoms with Gasteiger partial charge in [0.25, 0.3) is 0 Å². The number of nitrogens with two attached hydrogens (primary N) is 1. The number of rotatable bonds is 5. The molecule has 21 heavy (non-hydrogen) atoms. The van der Waals surface area contributed by atoms with Crippen LogP contribution >= 0.6 is 0 Å². The normalized spacial score (nSPS) is 10.3.